The Kier molecular flexibility index (Phi) is 8.89. The lowest BCUT2D eigenvalue weighted by Gasteiger charge is -2.41. The molecule has 3 aliphatic heterocycles. The van der Waals surface area contributed by atoms with Crippen molar-refractivity contribution in [3.63, 3.8) is 0 Å². The molecule has 3 aliphatic rings. The second-order valence-corrected chi connectivity index (χ2v) is 15.0. The summed E-state index contributed by atoms with van der Waals surface area (Å²) in [6, 6.07) is 14.1. The zero-order chi connectivity index (χ0) is 32.0. The van der Waals surface area contributed by atoms with Gasteiger partial charge in [0.2, 0.25) is 11.8 Å². The summed E-state index contributed by atoms with van der Waals surface area (Å²) in [6.07, 6.45) is 4.76. The molecule has 7 nitrogen and oxygen atoms in total. The predicted molar refractivity (Wildman–Crippen MR) is 179 cm³/mol. The van der Waals surface area contributed by atoms with Crippen molar-refractivity contribution in [3.05, 3.63) is 85.0 Å². The van der Waals surface area contributed by atoms with E-state index in [-0.39, 0.29) is 36.8 Å². The maximum absolute atomic E-state index is 15.0. The number of amides is 3. The van der Waals surface area contributed by atoms with Crippen LogP contribution in [0.2, 0.25) is 0 Å². The molecule has 5 rings (SSSR count). The van der Waals surface area contributed by atoms with Gasteiger partial charge in [0.1, 0.15) is 6.04 Å². The fourth-order valence-corrected chi connectivity index (χ4v) is 10.1. The number of carbonyl (C=O) groups excluding carboxylic acids is 3. The number of nitrogens with zero attached hydrogens (tertiary/aromatic N) is 3. The van der Waals surface area contributed by atoms with E-state index in [0.29, 0.717) is 19.4 Å². The van der Waals surface area contributed by atoms with E-state index in [1.165, 1.54) is 0 Å². The minimum Gasteiger partial charge on any atom is -0.394 e. The Morgan fingerprint density at radius 3 is 2.32 bits per heavy atom. The van der Waals surface area contributed by atoms with Crippen molar-refractivity contribution >= 4 is 40.9 Å². The average molecular weight is 616 g/mol. The van der Waals surface area contributed by atoms with Gasteiger partial charge in [-0.25, -0.2) is 0 Å². The van der Waals surface area contributed by atoms with Crippen molar-refractivity contribution in [1.29, 1.82) is 0 Å². The third-order valence-electron chi connectivity index (χ3n) is 9.91. The normalized spacial score (nSPS) is 27.8. The van der Waals surface area contributed by atoms with Gasteiger partial charge in [0.05, 0.1) is 29.2 Å². The van der Waals surface area contributed by atoms with Gasteiger partial charge in [0.25, 0.3) is 5.91 Å². The first kappa shape index (κ1) is 32.0. The lowest BCUT2D eigenvalue weighted by atomic mass is 9.66. The van der Waals surface area contributed by atoms with Gasteiger partial charge in [-0.05, 0) is 68.9 Å². The summed E-state index contributed by atoms with van der Waals surface area (Å²) in [4.78, 5) is 49.6. The van der Waals surface area contributed by atoms with Crippen molar-refractivity contribution < 1.29 is 19.5 Å². The van der Waals surface area contributed by atoms with Crippen LogP contribution in [0.4, 0.5) is 11.4 Å². The third-order valence-corrected chi connectivity index (χ3v) is 11.9. The number of aliphatic hydroxyl groups is 1. The maximum atomic E-state index is 15.0. The quantitative estimate of drug-likeness (QED) is 0.336. The largest absolute Gasteiger partial charge is 0.394 e. The zero-order valence-corrected chi connectivity index (χ0v) is 27.3. The number of rotatable bonds is 11. The molecule has 2 aromatic carbocycles. The van der Waals surface area contributed by atoms with E-state index in [1.807, 2.05) is 76.2 Å². The Bertz CT molecular complexity index is 1460. The van der Waals surface area contributed by atoms with Crippen molar-refractivity contribution in [2.75, 3.05) is 29.5 Å². The number of aliphatic hydroxyl groups excluding tert-OH is 1. The van der Waals surface area contributed by atoms with E-state index in [4.69, 9.17) is 0 Å². The number of hydrogen-bond acceptors (Lipinski definition) is 5. The molecule has 2 unspecified atom stereocenters. The number of para-hydroxylation sites is 1. The van der Waals surface area contributed by atoms with Gasteiger partial charge in [-0.1, -0.05) is 56.3 Å². The number of likely N-dealkylation sites (tertiary alicyclic amines) is 1. The Morgan fingerprint density at radius 2 is 1.70 bits per heavy atom. The van der Waals surface area contributed by atoms with E-state index in [9.17, 15) is 14.7 Å². The minimum absolute atomic E-state index is 0.100. The standard InChI is InChI=1S/C36H45N3O4S/c1-8-19-37(26-13-11-10-12-14-26)32(41)29-30-33(42)39(28(22-40)23(3)4)31(36(30)18-17-35(29,7)44-36)34(43)38(20-9-2)27-21-24(5)15-16-25(27)6/h8-16,21,23,28-31,40H,1-2,17-20,22H2,3-7H3/t28-,29+,30-,31?,35-,36?/m0/s1. The van der Waals surface area contributed by atoms with E-state index in [2.05, 4.69) is 20.1 Å². The SMILES string of the molecule is C=CCN(C(=O)[C@H]1[C@H]2C(=O)N([C@@H](CO)C(C)C)C(C(=O)N(CC=C)c3cc(C)ccc3C)C23CC[C@]1(C)S3)c1ccccc1. The lowest BCUT2D eigenvalue weighted by molar-refractivity contribution is -0.143. The van der Waals surface area contributed by atoms with E-state index in [1.54, 1.807) is 38.6 Å². The molecule has 1 spiro atoms. The Balaban J connectivity index is 1.66. The summed E-state index contributed by atoms with van der Waals surface area (Å²) in [5, 5.41) is 10.6. The molecular formula is C36H45N3O4S. The molecule has 0 aliphatic carbocycles. The molecule has 8 heteroatoms. The summed E-state index contributed by atoms with van der Waals surface area (Å²) in [5.41, 5.74) is 3.51. The number of thioether (sulfide) groups is 1. The molecule has 3 amide bonds. The highest BCUT2D eigenvalue weighted by Gasteiger charge is 2.78. The van der Waals surface area contributed by atoms with Crippen LogP contribution in [0.25, 0.3) is 0 Å². The smallest absolute Gasteiger partial charge is 0.251 e. The van der Waals surface area contributed by atoms with Crippen LogP contribution < -0.4 is 9.80 Å². The van der Waals surface area contributed by atoms with Crippen molar-refractivity contribution in [2.45, 2.75) is 69.0 Å². The maximum Gasteiger partial charge on any atom is 0.251 e. The first-order chi connectivity index (χ1) is 21.0. The van der Waals surface area contributed by atoms with Crippen LogP contribution in [0, 0.1) is 31.6 Å². The number of aryl methyl sites for hydroxylation is 2. The first-order valence-corrected chi connectivity index (χ1v) is 16.4. The second-order valence-electron chi connectivity index (χ2n) is 13.1. The number of carbonyl (C=O) groups is 3. The molecule has 3 fully saturated rings. The minimum atomic E-state index is -0.839. The molecule has 3 heterocycles. The predicted octanol–water partition coefficient (Wildman–Crippen LogP) is 5.54. The zero-order valence-electron chi connectivity index (χ0n) is 26.5. The molecule has 3 saturated heterocycles. The monoisotopic (exact) mass is 615 g/mol. The highest BCUT2D eigenvalue weighted by Crippen LogP contribution is 2.72. The van der Waals surface area contributed by atoms with E-state index < -0.39 is 33.4 Å². The Hall–Kier alpha value is -3.36. The van der Waals surface area contributed by atoms with Gasteiger partial charge in [-0.15, -0.1) is 24.9 Å². The van der Waals surface area contributed by atoms with Gasteiger partial charge >= 0.3 is 0 Å². The molecule has 1 N–H and O–H groups in total. The summed E-state index contributed by atoms with van der Waals surface area (Å²) in [6.45, 7) is 18.1. The fraction of sp³-hybridized carbons (Fsp3) is 0.472. The molecule has 44 heavy (non-hydrogen) atoms. The summed E-state index contributed by atoms with van der Waals surface area (Å²) in [7, 11) is 0. The number of anilines is 2. The van der Waals surface area contributed by atoms with Gasteiger partial charge < -0.3 is 19.8 Å². The molecule has 2 bridgehead atoms. The molecule has 0 saturated carbocycles. The van der Waals surface area contributed by atoms with Crippen LogP contribution in [-0.2, 0) is 14.4 Å². The van der Waals surface area contributed by atoms with Crippen molar-refractivity contribution in [3.8, 4) is 0 Å². The first-order valence-electron chi connectivity index (χ1n) is 15.6. The molecule has 2 aromatic rings. The Morgan fingerprint density at radius 1 is 1.05 bits per heavy atom. The van der Waals surface area contributed by atoms with Crippen LogP contribution in [0.15, 0.2) is 73.8 Å². The molecular weight excluding hydrogens is 570 g/mol. The highest BCUT2D eigenvalue weighted by atomic mass is 32.2. The van der Waals surface area contributed by atoms with Crippen LogP contribution in [0.5, 0.6) is 0 Å². The van der Waals surface area contributed by atoms with E-state index in [0.717, 1.165) is 22.5 Å². The Labute approximate surface area is 266 Å². The van der Waals surface area contributed by atoms with Gasteiger partial charge in [0.15, 0.2) is 0 Å². The van der Waals surface area contributed by atoms with Crippen LogP contribution in [0.1, 0.15) is 44.7 Å². The molecule has 6 atom stereocenters. The molecule has 234 valence electrons. The number of benzene rings is 2. The van der Waals surface area contributed by atoms with Gasteiger partial charge in [-0.3, -0.25) is 14.4 Å². The third kappa shape index (κ3) is 5.00. The van der Waals surface area contributed by atoms with Crippen molar-refractivity contribution in [2.24, 2.45) is 17.8 Å². The number of fused-ring (bicyclic) bond motifs is 1. The average Bonchev–Trinajstić information content (AvgIpc) is 3.57. The summed E-state index contributed by atoms with van der Waals surface area (Å²) >= 11 is 1.65. The highest BCUT2D eigenvalue weighted by molar-refractivity contribution is 8.02. The fourth-order valence-electron chi connectivity index (χ4n) is 7.82. The van der Waals surface area contributed by atoms with Crippen LogP contribution in [-0.4, -0.2) is 69.0 Å². The van der Waals surface area contributed by atoms with Crippen LogP contribution in [0.3, 0.4) is 0 Å². The summed E-state index contributed by atoms with van der Waals surface area (Å²) in [5.74, 6) is -1.95. The topological polar surface area (TPSA) is 81.2 Å². The van der Waals surface area contributed by atoms with Gasteiger partial charge in [0, 0.05) is 29.2 Å². The van der Waals surface area contributed by atoms with Crippen molar-refractivity contribution in [1.82, 2.24) is 4.90 Å². The van der Waals surface area contributed by atoms with Gasteiger partial charge in [-0.2, -0.15) is 0 Å². The molecule has 0 radical (unpaired) electrons. The number of hydrogen-bond donors (Lipinski definition) is 1. The summed E-state index contributed by atoms with van der Waals surface area (Å²) < 4.78 is -1.33. The van der Waals surface area contributed by atoms with E-state index >= 15 is 4.79 Å². The van der Waals surface area contributed by atoms with Crippen LogP contribution >= 0.6 is 11.8 Å². The second kappa shape index (κ2) is 12.2. The molecule has 0 aromatic heterocycles. The lowest BCUT2D eigenvalue weighted by Crippen LogP contribution is -2.58.